The highest BCUT2D eigenvalue weighted by Crippen LogP contribution is 2.24. The number of rotatable bonds is 6. The lowest BCUT2D eigenvalue weighted by atomic mass is 9.92. The van der Waals surface area contributed by atoms with Crippen LogP contribution in [0.25, 0.3) is 0 Å². The second-order valence-electron chi connectivity index (χ2n) is 5.99. The second kappa shape index (κ2) is 7.40. The van der Waals surface area contributed by atoms with Crippen molar-refractivity contribution in [2.75, 3.05) is 6.54 Å². The SMILES string of the molecule is Cc1ccccc1C(O)CNC(=O)CC(C)(O)c1ccccc1. The van der Waals surface area contributed by atoms with Gasteiger partial charge in [0.25, 0.3) is 0 Å². The molecule has 0 spiro atoms. The molecule has 0 saturated heterocycles. The van der Waals surface area contributed by atoms with Crippen LogP contribution in [0.1, 0.15) is 36.1 Å². The van der Waals surface area contributed by atoms with Crippen molar-refractivity contribution in [2.24, 2.45) is 0 Å². The van der Waals surface area contributed by atoms with E-state index in [0.717, 1.165) is 11.1 Å². The van der Waals surface area contributed by atoms with E-state index in [1.54, 1.807) is 19.1 Å². The molecule has 0 saturated carbocycles. The van der Waals surface area contributed by atoms with Crippen LogP contribution >= 0.6 is 0 Å². The van der Waals surface area contributed by atoms with E-state index in [1.165, 1.54) is 0 Å². The Morgan fingerprint density at radius 1 is 1.13 bits per heavy atom. The molecule has 2 atom stereocenters. The van der Waals surface area contributed by atoms with Crippen LogP contribution in [0.3, 0.4) is 0 Å². The van der Waals surface area contributed by atoms with E-state index in [9.17, 15) is 15.0 Å². The maximum absolute atomic E-state index is 12.1. The van der Waals surface area contributed by atoms with Crippen molar-refractivity contribution in [1.82, 2.24) is 5.32 Å². The molecule has 2 aromatic rings. The molecule has 2 unspecified atom stereocenters. The zero-order valence-electron chi connectivity index (χ0n) is 13.5. The summed E-state index contributed by atoms with van der Waals surface area (Å²) in [5, 5.41) is 23.3. The quantitative estimate of drug-likeness (QED) is 0.767. The molecule has 4 nitrogen and oxygen atoms in total. The van der Waals surface area contributed by atoms with Gasteiger partial charge < -0.3 is 15.5 Å². The van der Waals surface area contributed by atoms with Gasteiger partial charge in [0.15, 0.2) is 0 Å². The minimum Gasteiger partial charge on any atom is -0.387 e. The number of benzene rings is 2. The number of hydrogen-bond donors (Lipinski definition) is 3. The van der Waals surface area contributed by atoms with E-state index in [0.29, 0.717) is 5.56 Å². The molecule has 1 amide bonds. The van der Waals surface area contributed by atoms with Gasteiger partial charge in [-0.15, -0.1) is 0 Å². The third kappa shape index (κ3) is 4.65. The van der Waals surface area contributed by atoms with Crippen LogP contribution < -0.4 is 5.32 Å². The lowest BCUT2D eigenvalue weighted by Gasteiger charge is -2.23. The molecular formula is C19H23NO3. The molecule has 4 heteroatoms. The lowest BCUT2D eigenvalue weighted by molar-refractivity contribution is -0.126. The summed E-state index contributed by atoms with van der Waals surface area (Å²) in [6.45, 7) is 3.65. The van der Waals surface area contributed by atoms with Crippen molar-refractivity contribution in [1.29, 1.82) is 0 Å². The van der Waals surface area contributed by atoms with Crippen LogP contribution in [0, 0.1) is 6.92 Å². The molecule has 0 fully saturated rings. The first-order valence-corrected chi connectivity index (χ1v) is 7.68. The first-order valence-electron chi connectivity index (χ1n) is 7.68. The Balaban J connectivity index is 1.91. The van der Waals surface area contributed by atoms with E-state index in [1.807, 2.05) is 49.4 Å². The van der Waals surface area contributed by atoms with E-state index in [4.69, 9.17) is 0 Å². The minimum atomic E-state index is -1.24. The topological polar surface area (TPSA) is 69.6 Å². The maximum Gasteiger partial charge on any atom is 0.223 e. The van der Waals surface area contributed by atoms with Crippen molar-refractivity contribution < 1.29 is 15.0 Å². The summed E-state index contributed by atoms with van der Waals surface area (Å²) in [6, 6.07) is 16.6. The normalized spacial score (nSPS) is 14.8. The van der Waals surface area contributed by atoms with Crippen molar-refractivity contribution in [3.63, 3.8) is 0 Å². The first-order chi connectivity index (χ1) is 10.9. The van der Waals surface area contributed by atoms with Gasteiger partial charge in [-0.2, -0.15) is 0 Å². The Morgan fingerprint density at radius 3 is 2.39 bits per heavy atom. The van der Waals surface area contributed by atoms with E-state index >= 15 is 0 Å². The highest BCUT2D eigenvalue weighted by Gasteiger charge is 2.26. The summed E-state index contributed by atoms with van der Waals surface area (Å²) in [7, 11) is 0. The number of carbonyl (C=O) groups excluding carboxylic acids is 1. The van der Waals surface area contributed by atoms with Crippen molar-refractivity contribution in [3.05, 3.63) is 71.3 Å². The summed E-state index contributed by atoms with van der Waals surface area (Å²) in [4.78, 5) is 12.1. The fourth-order valence-electron chi connectivity index (χ4n) is 2.56. The van der Waals surface area contributed by atoms with Gasteiger partial charge >= 0.3 is 0 Å². The molecule has 3 N–H and O–H groups in total. The zero-order valence-corrected chi connectivity index (χ0v) is 13.5. The number of aryl methyl sites for hydroxylation is 1. The van der Waals surface area contributed by atoms with Gasteiger partial charge in [-0.1, -0.05) is 54.6 Å². The molecule has 2 aromatic carbocycles. The Hall–Kier alpha value is -2.17. The summed E-state index contributed by atoms with van der Waals surface area (Å²) in [5.74, 6) is -0.300. The highest BCUT2D eigenvalue weighted by molar-refractivity contribution is 5.77. The average Bonchev–Trinajstić information content (AvgIpc) is 2.53. The third-order valence-corrected chi connectivity index (χ3v) is 3.94. The number of amides is 1. The molecule has 23 heavy (non-hydrogen) atoms. The summed E-state index contributed by atoms with van der Waals surface area (Å²) >= 11 is 0. The molecular weight excluding hydrogens is 290 g/mol. The molecule has 0 aliphatic heterocycles. The monoisotopic (exact) mass is 313 g/mol. The Kier molecular flexibility index (Phi) is 5.53. The lowest BCUT2D eigenvalue weighted by Crippen LogP contribution is -2.35. The summed E-state index contributed by atoms with van der Waals surface area (Å²) in [5.41, 5.74) is 1.22. The van der Waals surface area contributed by atoms with Crippen LogP contribution in [-0.4, -0.2) is 22.7 Å². The van der Waals surface area contributed by atoms with Crippen molar-refractivity contribution in [2.45, 2.75) is 32.0 Å². The number of nitrogens with one attached hydrogen (secondary N) is 1. The Labute approximate surface area is 136 Å². The molecule has 122 valence electrons. The maximum atomic E-state index is 12.1. The van der Waals surface area contributed by atoms with E-state index < -0.39 is 11.7 Å². The molecule has 0 aliphatic rings. The fourth-order valence-corrected chi connectivity index (χ4v) is 2.56. The minimum absolute atomic E-state index is 0.0580. The smallest absolute Gasteiger partial charge is 0.223 e. The van der Waals surface area contributed by atoms with Crippen LogP contribution in [0.5, 0.6) is 0 Å². The third-order valence-electron chi connectivity index (χ3n) is 3.94. The second-order valence-corrected chi connectivity index (χ2v) is 5.99. The molecule has 0 radical (unpaired) electrons. The molecule has 0 bridgehead atoms. The number of aliphatic hydroxyl groups excluding tert-OH is 1. The Morgan fingerprint density at radius 2 is 1.74 bits per heavy atom. The standard InChI is InChI=1S/C19H23NO3/c1-14-8-6-7-11-16(14)17(21)13-20-18(22)12-19(2,23)15-9-4-3-5-10-15/h3-11,17,21,23H,12-13H2,1-2H3,(H,20,22). The predicted molar refractivity (Wildman–Crippen MR) is 89.8 cm³/mol. The zero-order chi connectivity index (χ0) is 16.9. The molecule has 0 aromatic heterocycles. The largest absolute Gasteiger partial charge is 0.387 e. The molecule has 2 rings (SSSR count). The summed E-state index contributed by atoms with van der Waals surface area (Å²) < 4.78 is 0. The fraction of sp³-hybridized carbons (Fsp3) is 0.316. The highest BCUT2D eigenvalue weighted by atomic mass is 16.3. The van der Waals surface area contributed by atoms with Crippen LogP contribution in [0.4, 0.5) is 0 Å². The Bertz CT molecular complexity index is 653. The van der Waals surface area contributed by atoms with Gasteiger partial charge in [0.1, 0.15) is 0 Å². The van der Waals surface area contributed by atoms with Gasteiger partial charge in [0.2, 0.25) is 5.91 Å². The van der Waals surface area contributed by atoms with E-state index in [2.05, 4.69) is 5.32 Å². The summed E-state index contributed by atoms with van der Waals surface area (Å²) in [6.07, 6.45) is -0.820. The van der Waals surface area contributed by atoms with Crippen LogP contribution in [0.2, 0.25) is 0 Å². The van der Waals surface area contributed by atoms with Crippen molar-refractivity contribution in [3.8, 4) is 0 Å². The van der Waals surface area contributed by atoms with E-state index in [-0.39, 0.29) is 18.9 Å². The predicted octanol–water partition coefficient (Wildman–Crippen LogP) is 2.44. The van der Waals surface area contributed by atoms with Gasteiger partial charge in [0, 0.05) is 6.54 Å². The van der Waals surface area contributed by atoms with Gasteiger partial charge in [0.05, 0.1) is 18.1 Å². The molecule has 0 aliphatic carbocycles. The number of carbonyl (C=O) groups is 1. The number of aliphatic hydroxyl groups is 2. The van der Waals surface area contributed by atoms with Crippen LogP contribution in [-0.2, 0) is 10.4 Å². The first kappa shape index (κ1) is 17.2. The van der Waals surface area contributed by atoms with Crippen LogP contribution in [0.15, 0.2) is 54.6 Å². The number of hydrogen-bond acceptors (Lipinski definition) is 3. The van der Waals surface area contributed by atoms with Crippen molar-refractivity contribution >= 4 is 5.91 Å². The van der Waals surface area contributed by atoms with Gasteiger partial charge in [-0.05, 0) is 30.5 Å². The van der Waals surface area contributed by atoms with Gasteiger partial charge in [-0.25, -0.2) is 0 Å². The average molecular weight is 313 g/mol. The van der Waals surface area contributed by atoms with Gasteiger partial charge in [-0.3, -0.25) is 4.79 Å². The molecule has 0 heterocycles.